The van der Waals surface area contributed by atoms with Gasteiger partial charge in [-0.15, -0.1) is 0 Å². The van der Waals surface area contributed by atoms with Crippen molar-refractivity contribution in [2.45, 2.75) is 39.2 Å². The summed E-state index contributed by atoms with van der Waals surface area (Å²) in [5, 5.41) is 2.75. The Kier molecular flexibility index (Phi) is 7.53. The topological polar surface area (TPSA) is 56.8 Å². The van der Waals surface area contributed by atoms with Crippen molar-refractivity contribution in [1.29, 1.82) is 0 Å². The molecule has 1 amide bonds. The van der Waals surface area contributed by atoms with E-state index in [9.17, 15) is 13.6 Å². The fourth-order valence-corrected chi connectivity index (χ4v) is 3.13. The maximum absolute atomic E-state index is 12.5. The van der Waals surface area contributed by atoms with Crippen molar-refractivity contribution >= 4 is 11.6 Å². The number of anilines is 1. The molecule has 0 unspecified atom stereocenters. The first-order valence-electron chi connectivity index (χ1n) is 10.5. The van der Waals surface area contributed by atoms with Crippen LogP contribution in [0.1, 0.15) is 43.1 Å². The highest BCUT2D eigenvalue weighted by Crippen LogP contribution is 2.31. The number of halogens is 2. The van der Waals surface area contributed by atoms with Gasteiger partial charge in [0.1, 0.15) is 11.5 Å². The summed E-state index contributed by atoms with van der Waals surface area (Å²) in [6, 6.07) is 18.9. The van der Waals surface area contributed by atoms with E-state index in [1.165, 1.54) is 30.9 Å². The van der Waals surface area contributed by atoms with Crippen LogP contribution in [0.2, 0.25) is 0 Å². The van der Waals surface area contributed by atoms with Crippen LogP contribution in [0, 0.1) is 0 Å². The fraction of sp³-hybridized carbons (Fsp3) is 0.269. The molecule has 0 aromatic heterocycles. The van der Waals surface area contributed by atoms with E-state index in [1.54, 1.807) is 24.3 Å². The molecule has 33 heavy (non-hydrogen) atoms. The zero-order chi connectivity index (χ0) is 24.0. The number of nitrogens with one attached hydrogen (secondary N) is 1. The summed E-state index contributed by atoms with van der Waals surface area (Å²) in [5.74, 6) is 0.836. The second kappa shape index (κ2) is 10.3. The minimum absolute atomic E-state index is 0.0417. The van der Waals surface area contributed by atoms with Gasteiger partial charge in [0.25, 0.3) is 5.91 Å². The molecule has 0 aliphatic carbocycles. The van der Waals surface area contributed by atoms with E-state index >= 15 is 0 Å². The minimum Gasteiger partial charge on any atom is -0.493 e. The Morgan fingerprint density at radius 1 is 0.939 bits per heavy atom. The molecule has 3 rings (SSSR count). The molecule has 1 N–H and O–H groups in total. The monoisotopic (exact) mass is 455 g/mol. The smallest absolute Gasteiger partial charge is 0.387 e. The van der Waals surface area contributed by atoms with E-state index in [2.05, 4.69) is 43.0 Å². The zero-order valence-corrected chi connectivity index (χ0v) is 19.0. The molecule has 0 atom stereocenters. The van der Waals surface area contributed by atoms with Crippen molar-refractivity contribution in [2.24, 2.45) is 0 Å². The Morgan fingerprint density at radius 3 is 2.09 bits per heavy atom. The van der Waals surface area contributed by atoms with Gasteiger partial charge in [-0.3, -0.25) is 4.79 Å². The van der Waals surface area contributed by atoms with Crippen molar-refractivity contribution in [1.82, 2.24) is 0 Å². The van der Waals surface area contributed by atoms with Gasteiger partial charge >= 0.3 is 6.61 Å². The van der Waals surface area contributed by atoms with Crippen LogP contribution in [-0.4, -0.2) is 19.6 Å². The largest absolute Gasteiger partial charge is 0.493 e. The maximum Gasteiger partial charge on any atom is 0.387 e. The molecule has 0 fully saturated rings. The maximum atomic E-state index is 12.5. The lowest BCUT2D eigenvalue weighted by atomic mass is 9.82. The number of carbonyl (C=O) groups is 1. The highest BCUT2D eigenvalue weighted by Gasteiger charge is 2.18. The third-order valence-electron chi connectivity index (χ3n) is 5.51. The molecule has 7 heteroatoms. The summed E-state index contributed by atoms with van der Waals surface area (Å²) in [4.78, 5) is 12.5. The molecular weight excluding hydrogens is 428 g/mol. The van der Waals surface area contributed by atoms with Crippen molar-refractivity contribution in [2.75, 3.05) is 12.4 Å². The van der Waals surface area contributed by atoms with Gasteiger partial charge in [-0.05, 0) is 72.0 Å². The standard InChI is InChI=1S/C26H27F2NO4/c1-5-26(2,3)18-7-11-20(12-8-18)32-21-13-9-19(10-14-21)29-24(30)17-6-15-22(33-25(27)28)23(16-17)31-4/h6-16,25H,5H2,1-4H3,(H,29,30). The third kappa shape index (κ3) is 6.22. The van der Waals surface area contributed by atoms with E-state index in [-0.39, 0.29) is 22.5 Å². The number of hydrogen-bond donors (Lipinski definition) is 1. The first kappa shape index (κ1) is 24.0. The molecule has 3 aromatic carbocycles. The second-order valence-corrected chi connectivity index (χ2v) is 8.09. The summed E-state index contributed by atoms with van der Waals surface area (Å²) < 4.78 is 40.2. The van der Waals surface area contributed by atoms with Crippen LogP contribution in [0.4, 0.5) is 14.5 Å². The molecule has 5 nitrogen and oxygen atoms in total. The molecule has 3 aromatic rings. The highest BCUT2D eigenvalue weighted by atomic mass is 19.3. The molecule has 0 spiro atoms. The van der Waals surface area contributed by atoms with Crippen LogP contribution in [0.5, 0.6) is 23.0 Å². The highest BCUT2D eigenvalue weighted by molar-refractivity contribution is 6.04. The number of carbonyl (C=O) groups excluding carboxylic acids is 1. The van der Waals surface area contributed by atoms with E-state index in [4.69, 9.17) is 9.47 Å². The van der Waals surface area contributed by atoms with Gasteiger partial charge in [-0.1, -0.05) is 32.9 Å². The Bertz CT molecular complexity index is 1080. The van der Waals surface area contributed by atoms with Gasteiger partial charge in [0.2, 0.25) is 0 Å². The van der Waals surface area contributed by atoms with Crippen molar-refractivity contribution in [3.05, 3.63) is 77.9 Å². The lowest BCUT2D eigenvalue weighted by molar-refractivity contribution is -0.0512. The molecular formula is C26H27F2NO4. The molecule has 0 saturated heterocycles. The van der Waals surface area contributed by atoms with Gasteiger partial charge in [0.05, 0.1) is 7.11 Å². The summed E-state index contributed by atoms with van der Waals surface area (Å²) in [7, 11) is 1.31. The van der Waals surface area contributed by atoms with Gasteiger partial charge in [-0.2, -0.15) is 8.78 Å². The average molecular weight is 456 g/mol. The Morgan fingerprint density at radius 2 is 1.55 bits per heavy atom. The first-order valence-corrected chi connectivity index (χ1v) is 10.5. The van der Waals surface area contributed by atoms with E-state index < -0.39 is 12.5 Å². The van der Waals surface area contributed by atoms with Crippen LogP contribution in [0.15, 0.2) is 66.7 Å². The number of methoxy groups -OCH3 is 1. The number of rotatable bonds is 9. The Balaban J connectivity index is 1.64. The average Bonchev–Trinajstić information content (AvgIpc) is 2.80. The normalized spacial score (nSPS) is 11.2. The van der Waals surface area contributed by atoms with Crippen LogP contribution >= 0.6 is 0 Å². The Hall–Kier alpha value is -3.61. The lowest BCUT2D eigenvalue weighted by Crippen LogP contribution is -2.14. The number of alkyl halides is 2. The van der Waals surface area contributed by atoms with Crippen molar-refractivity contribution in [3.8, 4) is 23.0 Å². The van der Waals surface area contributed by atoms with Crippen LogP contribution in [-0.2, 0) is 5.41 Å². The van der Waals surface area contributed by atoms with E-state index in [0.29, 0.717) is 11.4 Å². The van der Waals surface area contributed by atoms with Crippen molar-refractivity contribution < 1.29 is 27.8 Å². The molecule has 0 radical (unpaired) electrons. The molecule has 0 bridgehead atoms. The van der Waals surface area contributed by atoms with Gasteiger partial charge in [0.15, 0.2) is 11.5 Å². The molecule has 0 heterocycles. The van der Waals surface area contributed by atoms with Crippen LogP contribution in [0.3, 0.4) is 0 Å². The summed E-state index contributed by atoms with van der Waals surface area (Å²) in [5.41, 5.74) is 2.16. The van der Waals surface area contributed by atoms with Crippen molar-refractivity contribution in [3.63, 3.8) is 0 Å². The number of amides is 1. The quantitative estimate of drug-likeness (QED) is 0.376. The van der Waals surface area contributed by atoms with Crippen LogP contribution < -0.4 is 19.5 Å². The summed E-state index contributed by atoms with van der Waals surface area (Å²) in [6.07, 6.45) is 1.04. The third-order valence-corrected chi connectivity index (χ3v) is 5.51. The molecule has 0 aliphatic rings. The minimum atomic E-state index is -2.99. The number of ether oxygens (including phenoxy) is 3. The lowest BCUT2D eigenvalue weighted by Gasteiger charge is -2.23. The Labute approximate surface area is 192 Å². The SMILES string of the molecule is CCC(C)(C)c1ccc(Oc2ccc(NC(=O)c3ccc(OC(F)F)c(OC)c3)cc2)cc1. The molecule has 0 aliphatic heterocycles. The molecule has 174 valence electrons. The van der Waals surface area contributed by atoms with Gasteiger partial charge in [-0.25, -0.2) is 0 Å². The summed E-state index contributed by atoms with van der Waals surface area (Å²) >= 11 is 0. The van der Waals surface area contributed by atoms with Gasteiger partial charge < -0.3 is 19.5 Å². The number of benzene rings is 3. The van der Waals surface area contributed by atoms with Crippen LogP contribution in [0.25, 0.3) is 0 Å². The van der Waals surface area contributed by atoms with E-state index in [0.717, 1.165) is 12.2 Å². The summed E-state index contributed by atoms with van der Waals surface area (Å²) in [6.45, 7) is 3.59. The first-order chi connectivity index (χ1) is 15.7. The predicted molar refractivity (Wildman–Crippen MR) is 124 cm³/mol. The van der Waals surface area contributed by atoms with E-state index in [1.807, 2.05) is 12.1 Å². The predicted octanol–water partition coefficient (Wildman–Crippen LogP) is 7.03. The zero-order valence-electron chi connectivity index (χ0n) is 19.0. The molecule has 0 saturated carbocycles. The number of hydrogen-bond acceptors (Lipinski definition) is 4. The fourth-order valence-electron chi connectivity index (χ4n) is 3.13. The second-order valence-electron chi connectivity index (χ2n) is 8.09. The van der Waals surface area contributed by atoms with Gasteiger partial charge in [0, 0.05) is 11.3 Å².